The Bertz CT molecular complexity index is 557. The van der Waals surface area contributed by atoms with Gasteiger partial charge in [0.25, 0.3) is 0 Å². The molecule has 0 aliphatic rings. The molecule has 1 heterocycles. The third-order valence-electron chi connectivity index (χ3n) is 3.51. The minimum atomic E-state index is 0.135. The Kier molecular flexibility index (Phi) is 26.1. The molecule has 162 valence electrons. The topological polar surface area (TPSA) is 41.8 Å². The Balaban J connectivity index is -0.000000383. The van der Waals surface area contributed by atoms with Crippen molar-refractivity contribution in [3.8, 4) is 0 Å². The van der Waals surface area contributed by atoms with Gasteiger partial charge in [-0.3, -0.25) is 14.8 Å². The van der Waals surface area contributed by atoms with E-state index in [2.05, 4.69) is 50.7 Å². The molecule has 4 heteroatoms. The van der Waals surface area contributed by atoms with E-state index in [9.17, 15) is 4.79 Å². The van der Waals surface area contributed by atoms with Crippen LogP contribution >= 0.6 is 11.3 Å². The first-order valence-electron chi connectivity index (χ1n) is 10.7. The number of rotatable bonds is 8. The summed E-state index contributed by atoms with van der Waals surface area (Å²) in [6.45, 7) is 21.8. The van der Waals surface area contributed by atoms with Crippen LogP contribution in [0, 0.1) is 5.92 Å². The van der Waals surface area contributed by atoms with Crippen molar-refractivity contribution in [2.24, 2.45) is 15.9 Å². The summed E-state index contributed by atoms with van der Waals surface area (Å²) >= 11 is 1.53. The summed E-state index contributed by atoms with van der Waals surface area (Å²) in [5.74, 6) is 0.783. The zero-order chi connectivity index (χ0) is 22.4. The maximum absolute atomic E-state index is 11.0. The van der Waals surface area contributed by atoms with Gasteiger partial charge in [-0.1, -0.05) is 54.5 Å². The number of hydrogen-bond acceptors (Lipinski definition) is 4. The molecule has 1 atom stereocenters. The lowest BCUT2D eigenvalue weighted by Crippen LogP contribution is -1.98. The summed E-state index contributed by atoms with van der Waals surface area (Å²) < 4.78 is 0. The minimum absolute atomic E-state index is 0.135. The number of nitrogens with zero attached hydrogens (tertiary/aromatic N) is 2. The van der Waals surface area contributed by atoms with Crippen LogP contribution < -0.4 is 0 Å². The first kappa shape index (κ1) is 31.2. The molecule has 1 rings (SSSR count). The SMILES string of the molecule is C/C=C(\C=NCC)C(C)CC.CC.CC.CCC=NCc1ccc(C(C)=O)s1. The van der Waals surface area contributed by atoms with Crippen molar-refractivity contribution in [3.05, 3.63) is 33.5 Å². The molecule has 0 amide bonds. The van der Waals surface area contributed by atoms with Crippen LogP contribution in [0.2, 0.25) is 0 Å². The molecule has 28 heavy (non-hydrogen) atoms. The maximum atomic E-state index is 11.0. The number of thiophene rings is 1. The van der Waals surface area contributed by atoms with Crippen molar-refractivity contribution in [2.75, 3.05) is 6.54 Å². The molecule has 0 spiro atoms. The molecule has 1 aromatic rings. The molecule has 1 unspecified atom stereocenters. The molecule has 0 bridgehead atoms. The van der Waals surface area contributed by atoms with Gasteiger partial charge in [-0.05, 0) is 63.5 Å². The Morgan fingerprint density at radius 1 is 1.11 bits per heavy atom. The molecular weight excluding hydrogens is 364 g/mol. The van der Waals surface area contributed by atoms with Gasteiger partial charge in [0, 0.05) is 17.6 Å². The Hall–Kier alpha value is -1.55. The molecule has 0 aliphatic heterocycles. The quantitative estimate of drug-likeness (QED) is 0.317. The number of aliphatic imine (C=N–C) groups is 2. The van der Waals surface area contributed by atoms with E-state index in [-0.39, 0.29) is 5.78 Å². The highest BCUT2D eigenvalue weighted by Crippen LogP contribution is 2.17. The van der Waals surface area contributed by atoms with Crippen LogP contribution in [0.1, 0.15) is 96.6 Å². The fraction of sp³-hybridized carbons (Fsp3) is 0.625. The van der Waals surface area contributed by atoms with Gasteiger partial charge in [0.2, 0.25) is 0 Å². The normalized spacial score (nSPS) is 11.7. The van der Waals surface area contributed by atoms with Crippen LogP contribution in [0.5, 0.6) is 0 Å². The molecule has 0 radical (unpaired) electrons. The van der Waals surface area contributed by atoms with Gasteiger partial charge in [-0.25, -0.2) is 0 Å². The van der Waals surface area contributed by atoms with Crippen LogP contribution in [0.25, 0.3) is 0 Å². The Morgan fingerprint density at radius 2 is 1.71 bits per heavy atom. The van der Waals surface area contributed by atoms with E-state index in [1.807, 2.05) is 52.3 Å². The predicted molar refractivity (Wildman–Crippen MR) is 132 cm³/mol. The Morgan fingerprint density at radius 3 is 2.11 bits per heavy atom. The lowest BCUT2D eigenvalue weighted by Gasteiger charge is -2.07. The Labute approximate surface area is 179 Å². The van der Waals surface area contributed by atoms with Crippen molar-refractivity contribution >= 4 is 29.5 Å². The van der Waals surface area contributed by atoms with Crippen molar-refractivity contribution in [3.63, 3.8) is 0 Å². The third kappa shape index (κ3) is 16.6. The summed E-state index contributed by atoms with van der Waals surface area (Å²) in [7, 11) is 0. The molecule has 0 saturated heterocycles. The number of carbonyl (C=O) groups excluding carboxylic acids is 1. The first-order chi connectivity index (χ1) is 13.5. The number of carbonyl (C=O) groups is 1. The van der Waals surface area contributed by atoms with E-state index < -0.39 is 0 Å². The molecule has 0 N–H and O–H groups in total. The first-order valence-corrected chi connectivity index (χ1v) is 11.6. The second-order valence-corrected chi connectivity index (χ2v) is 6.65. The summed E-state index contributed by atoms with van der Waals surface area (Å²) in [4.78, 5) is 21.4. The van der Waals surface area contributed by atoms with Crippen LogP contribution in [-0.2, 0) is 6.54 Å². The fourth-order valence-corrected chi connectivity index (χ4v) is 2.69. The molecular formula is C24H44N2OS. The zero-order valence-electron chi connectivity index (χ0n) is 20.0. The maximum Gasteiger partial charge on any atom is 0.169 e. The van der Waals surface area contributed by atoms with Crippen molar-refractivity contribution in [1.29, 1.82) is 0 Å². The van der Waals surface area contributed by atoms with E-state index in [4.69, 9.17) is 0 Å². The average molecular weight is 409 g/mol. The van der Waals surface area contributed by atoms with Crippen LogP contribution in [-0.4, -0.2) is 24.8 Å². The van der Waals surface area contributed by atoms with Gasteiger partial charge in [0.1, 0.15) is 0 Å². The van der Waals surface area contributed by atoms with E-state index in [0.717, 1.165) is 22.7 Å². The second-order valence-electron chi connectivity index (χ2n) is 5.48. The number of allylic oxidation sites excluding steroid dienone is 2. The number of ketones is 1. The lowest BCUT2D eigenvalue weighted by atomic mass is 9.99. The average Bonchev–Trinajstić information content (AvgIpc) is 3.21. The molecule has 0 fully saturated rings. The molecule has 3 nitrogen and oxygen atoms in total. The largest absolute Gasteiger partial charge is 0.294 e. The van der Waals surface area contributed by atoms with Crippen molar-refractivity contribution < 1.29 is 4.79 Å². The van der Waals surface area contributed by atoms with Gasteiger partial charge in [-0.2, -0.15) is 0 Å². The van der Waals surface area contributed by atoms with Crippen LogP contribution in [0.3, 0.4) is 0 Å². The fourth-order valence-electron chi connectivity index (χ4n) is 1.85. The van der Waals surface area contributed by atoms with E-state index >= 15 is 0 Å². The van der Waals surface area contributed by atoms with Gasteiger partial charge >= 0.3 is 0 Å². The smallest absolute Gasteiger partial charge is 0.169 e. The van der Waals surface area contributed by atoms with Gasteiger partial charge < -0.3 is 0 Å². The highest BCUT2D eigenvalue weighted by Gasteiger charge is 2.02. The predicted octanol–water partition coefficient (Wildman–Crippen LogP) is 8.05. The third-order valence-corrected chi connectivity index (χ3v) is 4.68. The molecule has 1 aromatic heterocycles. The van der Waals surface area contributed by atoms with Gasteiger partial charge in [-0.15, -0.1) is 11.3 Å². The monoisotopic (exact) mass is 408 g/mol. The number of hydrogen-bond donors (Lipinski definition) is 0. The summed E-state index contributed by atoms with van der Waals surface area (Å²) in [6, 6.07) is 3.83. The standard InChI is InChI=1S/C10H13NOS.C10H19N.2C2H6/c1-3-6-11-7-9-4-5-10(13-9)8(2)12;1-5-9(4)10(6-2)8-11-7-3;2*1-2/h4-6H,3,7H2,1-2H3;6,8-9H,5,7H2,1-4H3;2*1-2H3/b;10-6+,11-8?;;. The van der Waals surface area contributed by atoms with Crippen LogP contribution in [0.15, 0.2) is 33.8 Å². The minimum Gasteiger partial charge on any atom is -0.294 e. The van der Waals surface area contributed by atoms with E-state index in [0.29, 0.717) is 12.5 Å². The summed E-state index contributed by atoms with van der Waals surface area (Å²) in [5, 5.41) is 0. The van der Waals surface area contributed by atoms with Crippen molar-refractivity contribution in [2.45, 2.75) is 88.6 Å². The number of Topliss-reactive ketones (excluding diaryl/α,β-unsaturated/α-hetero) is 1. The van der Waals surface area contributed by atoms with E-state index in [1.165, 1.54) is 23.3 Å². The van der Waals surface area contributed by atoms with Gasteiger partial charge in [0.15, 0.2) is 5.78 Å². The molecule has 0 saturated carbocycles. The second kappa shape index (κ2) is 23.5. The zero-order valence-corrected chi connectivity index (χ0v) is 20.8. The van der Waals surface area contributed by atoms with Gasteiger partial charge in [0.05, 0.1) is 11.4 Å². The summed E-state index contributed by atoms with van der Waals surface area (Å²) in [6.07, 6.45) is 8.19. The molecule has 0 aliphatic carbocycles. The van der Waals surface area contributed by atoms with Crippen molar-refractivity contribution in [1.82, 2.24) is 0 Å². The highest BCUT2D eigenvalue weighted by molar-refractivity contribution is 7.14. The molecule has 0 aromatic carbocycles. The van der Waals surface area contributed by atoms with Crippen LogP contribution in [0.4, 0.5) is 0 Å². The lowest BCUT2D eigenvalue weighted by molar-refractivity contribution is 0.102. The summed E-state index contributed by atoms with van der Waals surface area (Å²) in [5.41, 5.74) is 1.36. The highest BCUT2D eigenvalue weighted by atomic mass is 32.1. The van der Waals surface area contributed by atoms with E-state index in [1.54, 1.807) is 6.92 Å².